The lowest BCUT2D eigenvalue weighted by Gasteiger charge is -2.49. The lowest BCUT2D eigenvalue weighted by molar-refractivity contribution is -0.385. The number of aliphatic hydroxyl groups excluding tert-OH is 10. The number of benzene rings is 2. The van der Waals surface area contributed by atoms with Gasteiger partial charge in [-0.15, -0.1) is 0 Å². The first-order chi connectivity index (χ1) is 30.0. The van der Waals surface area contributed by atoms with Crippen LogP contribution in [0.1, 0.15) is 11.1 Å². The van der Waals surface area contributed by atoms with Crippen molar-refractivity contribution in [2.75, 3.05) is 33.0 Å². The van der Waals surface area contributed by atoms with E-state index in [1.54, 1.807) is 0 Å². The summed E-state index contributed by atoms with van der Waals surface area (Å²) in [6, 6.07) is 7.57. The Morgan fingerprint density at radius 1 is 0.603 bits per heavy atom. The van der Waals surface area contributed by atoms with Crippen molar-refractivity contribution < 1.29 is 119 Å². The van der Waals surface area contributed by atoms with Crippen molar-refractivity contribution in [1.29, 1.82) is 0 Å². The molecule has 0 amide bonds. The second-order valence-corrected chi connectivity index (χ2v) is 15.2. The quantitative estimate of drug-likeness (QED) is 0.0451. The van der Waals surface area contributed by atoms with Crippen molar-refractivity contribution in [3.05, 3.63) is 53.6 Å². The first-order valence-electron chi connectivity index (χ1n) is 19.7. The molecular weight excluding hydrogens is 852 g/mol. The number of carbonyl (C=O) groups excluding carboxylic acids is 1. The topological polar surface area (TPSA) is 383 Å². The van der Waals surface area contributed by atoms with E-state index in [2.05, 4.69) is 0 Å². The summed E-state index contributed by atoms with van der Waals surface area (Å²) in [4.78, 5) is 13.7. The largest absolute Gasteiger partial charge is 0.504 e. The molecule has 24 nitrogen and oxygen atoms in total. The summed E-state index contributed by atoms with van der Waals surface area (Å²) >= 11 is 0. The van der Waals surface area contributed by atoms with E-state index in [0.717, 1.165) is 18.2 Å². The van der Waals surface area contributed by atoms with Gasteiger partial charge in [0.2, 0.25) is 0 Å². The van der Waals surface area contributed by atoms with Crippen LogP contribution in [-0.4, -0.2) is 221 Å². The van der Waals surface area contributed by atoms with Gasteiger partial charge in [0.25, 0.3) is 0 Å². The Morgan fingerprint density at radius 2 is 1.17 bits per heavy atom. The number of phenolic OH excluding ortho intramolecular Hbond substituents is 4. The van der Waals surface area contributed by atoms with Crippen molar-refractivity contribution in [2.24, 2.45) is 0 Å². The van der Waals surface area contributed by atoms with E-state index in [1.807, 2.05) is 0 Å². The molecule has 14 N–H and O–H groups in total. The Balaban J connectivity index is 1.38. The smallest absolute Gasteiger partial charge is 0.331 e. The van der Waals surface area contributed by atoms with Crippen LogP contribution in [0.25, 0.3) is 6.08 Å². The zero-order valence-corrected chi connectivity index (χ0v) is 33.1. The third-order valence-corrected chi connectivity index (χ3v) is 10.7. The molecule has 18 atom stereocenters. The summed E-state index contributed by atoms with van der Waals surface area (Å²) < 4.78 is 52.9. The number of carbonyl (C=O) groups is 1. The van der Waals surface area contributed by atoms with Gasteiger partial charge in [0.05, 0.1) is 33.0 Å². The Hall–Kier alpha value is -3.87. The maximum atomic E-state index is 13.7. The SMILES string of the molecule is O=C(/C=C/c1ccc(O)c(O)c1)O[C@H]1[C@H](O[C@@H]2OC[C@@H](O)[C@@H](O)[C@@H]2O)[C@@H](O[C@@H]2OC[C@@H](O)[C@@H](O)[C@@H]2O)[C@H](OCCc2ccc(O)c(O)c2)O[C@@H]1CO[C@@H]1O[C@H](CO)[C@@H](O)[C@H](O)[C@H]1O. The molecule has 0 saturated carbocycles. The number of rotatable bonds is 15. The summed E-state index contributed by atoms with van der Waals surface area (Å²) in [6.45, 7) is -3.00. The average Bonchev–Trinajstić information content (AvgIpc) is 3.26. The van der Waals surface area contributed by atoms with Crippen molar-refractivity contribution in [1.82, 2.24) is 0 Å². The van der Waals surface area contributed by atoms with Gasteiger partial charge in [-0.3, -0.25) is 0 Å². The second kappa shape index (κ2) is 21.4. The highest BCUT2D eigenvalue weighted by Crippen LogP contribution is 2.36. The summed E-state index contributed by atoms with van der Waals surface area (Å²) in [6.07, 6.45) is -29.8. The number of hydrogen-bond acceptors (Lipinski definition) is 24. The summed E-state index contributed by atoms with van der Waals surface area (Å²) in [7, 11) is 0. The van der Waals surface area contributed by atoms with Crippen molar-refractivity contribution >= 4 is 12.0 Å². The first-order valence-corrected chi connectivity index (χ1v) is 19.7. The molecule has 2 aromatic rings. The molecule has 6 rings (SSSR count). The Labute approximate surface area is 357 Å². The van der Waals surface area contributed by atoms with E-state index in [1.165, 1.54) is 30.3 Å². The average molecular weight is 905 g/mol. The standard InChI is InChI=1S/C39H52O24/c40-11-23-28(50)29(51)32(54)36(59-23)58-14-24-33(61-25(47)6-3-15-1-4-17(41)19(43)9-15)34(62-37-30(52)26(48)21(45)12-56-37)35(63-38-31(53)27(49)22(46)13-57-38)39(60-24)55-8-7-16-2-5-18(42)20(44)10-16/h1-6,9-10,21-24,26-46,48-54H,7-8,11-14H2/b6-3+/t21-,22-,23-,24-,26-,27-,28-,29+,30+,31+,32-,33-,34+,35-,36-,37+,38+,39-/m1/s1. The minimum atomic E-state index is -1.98. The molecule has 0 aliphatic carbocycles. The molecule has 0 spiro atoms. The molecule has 4 saturated heterocycles. The fraction of sp³-hybridized carbons (Fsp3) is 0.615. The highest BCUT2D eigenvalue weighted by molar-refractivity contribution is 5.87. The van der Waals surface area contributed by atoms with Gasteiger partial charge < -0.3 is 114 Å². The van der Waals surface area contributed by atoms with Gasteiger partial charge in [0, 0.05) is 6.08 Å². The number of aliphatic hydroxyl groups is 10. The number of phenols is 4. The van der Waals surface area contributed by atoms with Crippen LogP contribution in [0, 0.1) is 0 Å². The third kappa shape index (κ3) is 11.5. The molecule has 0 bridgehead atoms. The van der Waals surface area contributed by atoms with E-state index in [9.17, 15) is 76.3 Å². The zero-order chi connectivity index (χ0) is 45.7. The van der Waals surface area contributed by atoms with E-state index in [-0.39, 0.29) is 18.6 Å². The minimum Gasteiger partial charge on any atom is -0.504 e. The highest BCUT2D eigenvalue weighted by Gasteiger charge is 2.55. The van der Waals surface area contributed by atoms with E-state index < -0.39 is 166 Å². The Bertz CT molecular complexity index is 1830. The van der Waals surface area contributed by atoms with Crippen LogP contribution in [0.4, 0.5) is 0 Å². The predicted octanol–water partition coefficient (Wildman–Crippen LogP) is -5.12. The van der Waals surface area contributed by atoms with Crippen molar-refractivity contribution in [2.45, 2.75) is 117 Å². The molecule has 4 heterocycles. The molecule has 0 aromatic heterocycles. The number of hydrogen-bond donors (Lipinski definition) is 14. The van der Waals surface area contributed by atoms with Crippen LogP contribution in [0.5, 0.6) is 23.0 Å². The monoisotopic (exact) mass is 904 g/mol. The van der Waals surface area contributed by atoms with Gasteiger partial charge in [-0.1, -0.05) is 12.1 Å². The van der Waals surface area contributed by atoms with Crippen LogP contribution < -0.4 is 0 Å². The first kappa shape index (κ1) is 48.6. The van der Waals surface area contributed by atoms with Crippen LogP contribution in [0.15, 0.2) is 42.5 Å². The lowest BCUT2D eigenvalue weighted by atomic mass is 9.96. The molecule has 24 heteroatoms. The fourth-order valence-corrected chi connectivity index (χ4v) is 7.09. The van der Waals surface area contributed by atoms with Crippen LogP contribution in [0.3, 0.4) is 0 Å². The third-order valence-electron chi connectivity index (χ3n) is 10.7. The molecule has 4 fully saturated rings. The lowest BCUT2D eigenvalue weighted by Crippen LogP contribution is -2.67. The van der Waals surface area contributed by atoms with Crippen LogP contribution in [0.2, 0.25) is 0 Å². The van der Waals surface area contributed by atoms with E-state index in [0.29, 0.717) is 5.56 Å². The molecule has 0 unspecified atom stereocenters. The molecular formula is C39H52O24. The summed E-state index contributed by atoms with van der Waals surface area (Å²) in [5.74, 6) is -2.95. The Morgan fingerprint density at radius 3 is 1.78 bits per heavy atom. The highest BCUT2D eigenvalue weighted by atomic mass is 16.8. The summed E-state index contributed by atoms with van der Waals surface area (Å²) in [5.41, 5.74) is 0.661. The molecule has 2 aromatic carbocycles. The zero-order valence-electron chi connectivity index (χ0n) is 33.1. The minimum absolute atomic E-state index is 0.0238. The van der Waals surface area contributed by atoms with Gasteiger partial charge >= 0.3 is 5.97 Å². The van der Waals surface area contributed by atoms with Gasteiger partial charge in [-0.05, 0) is 47.9 Å². The molecule has 63 heavy (non-hydrogen) atoms. The summed E-state index contributed by atoms with van der Waals surface area (Å²) in [5, 5.41) is 144. The van der Waals surface area contributed by atoms with E-state index >= 15 is 0 Å². The predicted molar refractivity (Wildman–Crippen MR) is 202 cm³/mol. The molecule has 4 aliphatic heterocycles. The maximum absolute atomic E-state index is 13.7. The van der Waals surface area contributed by atoms with Gasteiger partial charge in [0.1, 0.15) is 79.4 Å². The fourth-order valence-electron chi connectivity index (χ4n) is 7.09. The van der Waals surface area contributed by atoms with Crippen molar-refractivity contribution in [3.63, 3.8) is 0 Å². The molecule has 0 radical (unpaired) electrons. The van der Waals surface area contributed by atoms with Crippen LogP contribution in [-0.2, 0) is 53.8 Å². The molecule has 4 aliphatic rings. The van der Waals surface area contributed by atoms with Gasteiger partial charge in [-0.25, -0.2) is 4.79 Å². The van der Waals surface area contributed by atoms with Gasteiger partial charge in [-0.2, -0.15) is 0 Å². The second-order valence-electron chi connectivity index (χ2n) is 15.2. The van der Waals surface area contributed by atoms with E-state index in [4.69, 9.17) is 42.6 Å². The normalized spacial score (nSPS) is 38.7. The van der Waals surface area contributed by atoms with Crippen molar-refractivity contribution in [3.8, 4) is 23.0 Å². The maximum Gasteiger partial charge on any atom is 0.331 e. The van der Waals surface area contributed by atoms with Crippen LogP contribution >= 0.6 is 0 Å². The molecule has 352 valence electrons. The number of esters is 1. The Kier molecular flexibility index (Phi) is 16.5. The number of ether oxygens (including phenoxy) is 9. The van der Waals surface area contributed by atoms with Gasteiger partial charge in [0.15, 0.2) is 54.3 Å². The number of aromatic hydroxyl groups is 4.